The molecule has 1 unspecified atom stereocenters. The molecule has 0 saturated heterocycles. The lowest BCUT2D eigenvalue weighted by Crippen LogP contribution is -2.53. The van der Waals surface area contributed by atoms with Gasteiger partial charge in [0.05, 0.1) is 11.9 Å². The average Bonchev–Trinajstić information content (AvgIpc) is 2.88. The van der Waals surface area contributed by atoms with E-state index in [1.54, 1.807) is 0 Å². The van der Waals surface area contributed by atoms with Gasteiger partial charge in [0.1, 0.15) is 18.4 Å². The standard InChI is InChI=1S/C29H33BrFN3O4S/c1-21(2)18-32-29(36)27(16-22-8-5-4-6-9-22)33(19-23-12-14-24(30)15-13-23)28(35)20-34(39(3,37)38)26-11-7-10-25(31)17-26/h4-15,17,21,27H,16,18-20H2,1-3H3,(H,32,36). The molecule has 0 heterocycles. The van der Waals surface area contributed by atoms with Crippen LogP contribution in [0.2, 0.25) is 0 Å². The Hall–Kier alpha value is -3.24. The second-order valence-corrected chi connectivity index (χ2v) is 12.6. The van der Waals surface area contributed by atoms with E-state index in [4.69, 9.17) is 0 Å². The molecule has 0 fully saturated rings. The van der Waals surface area contributed by atoms with Gasteiger partial charge in [0.2, 0.25) is 21.8 Å². The summed E-state index contributed by atoms with van der Waals surface area (Å²) in [6.45, 7) is 3.84. The zero-order valence-corrected chi connectivity index (χ0v) is 24.6. The highest BCUT2D eigenvalue weighted by Gasteiger charge is 2.33. The lowest BCUT2D eigenvalue weighted by Gasteiger charge is -2.33. The zero-order valence-electron chi connectivity index (χ0n) is 22.2. The smallest absolute Gasteiger partial charge is 0.244 e. The van der Waals surface area contributed by atoms with Crippen molar-refractivity contribution in [2.75, 3.05) is 23.7 Å². The van der Waals surface area contributed by atoms with Gasteiger partial charge in [0.15, 0.2) is 0 Å². The van der Waals surface area contributed by atoms with E-state index in [1.165, 1.54) is 23.1 Å². The van der Waals surface area contributed by atoms with Crippen LogP contribution in [0.1, 0.15) is 25.0 Å². The Morgan fingerprint density at radius 3 is 2.21 bits per heavy atom. The van der Waals surface area contributed by atoms with E-state index in [-0.39, 0.29) is 30.5 Å². The Morgan fingerprint density at radius 1 is 0.949 bits per heavy atom. The molecule has 1 N–H and O–H groups in total. The van der Waals surface area contributed by atoms with Crippen LogP contribution in [-0.2, 0) is 32.6 Å². The Balaban J connectivity index is 2.04. The molecule has 0 aliphatic carbocycles. The van der Waals surface area contributed by atoms with E-state index in [9.17, 15) is 22.4 Å². The number of hydrogen-bond donors (Lipinski definition) is 1. The first kappa shape index (κ1) is 30.3. The summed E-state index contributed by atoms with van der Waals surface area (Å²) in [6, 6.07) is 20.8. The monoisotopic (exact) mass is 617 g/mol. The van der Waals surface area contributed by atoms with Gasteiger partial charge in [-0.05, 0) is 47.4 Å². The Kier molecular flexibility index (Phi) is 10.7. The Labute approximate surface area is 238 Å². The normalized spacial score (nSPS) is 12.2. The van der Waals surface area contributed by atoms with Crippen molar-refractivity contribution in [2.45, 2.75) is 32.9 Å². The molecule has 2 amide bonds. The first-order chi connectivity index (χ1) is 18.4. The maximum atomic E-state index is 14.0. The summed E-state index contributed by atoms with van der Waals surface area (Å²) in [7, 11) is -3.96. The van der Waals surface area contributed by atoms with Gasteiger partial charge in [0, 0.05) is 24.0 Å². The number of nitrogens with one attached hydrogen (secondary N) is 1. The number of anilines is 1. The first-order valence-electron chi connectivity index (χ1n) is 12.5. The highest BCUT2D eigenvalue weighted by molar-refractivity contribution is 9.10. The van der Waals surface area contributed by atoms with Crippen LogP contribution in [0, 0.1) is 11.7 Å². The number of benzene rings is 3. The van der Waals surface area contributed by atoms with Gasteiger partial charge in [0.25, 0.3) is 0 Å². The Morgan fingerprint density at radius 2 is 1.62 bits per heavy atom. The molecule has 3 aromatic carbocycles. The van der Waals surface area contributed by atoms with E-state index < -0.39 is 34.3 Å². The second-order valence-electron chi connectivity index (χ2n) is 9.74. The van der Waals surface area contributed by atoms with Crippen molar-refractivity contribution >= 4 is 43.5 Å². The molecule has 7 nitrogen and oxygen atoms in total. The van der Waals surface area contributed by atoms with Crippen LogP contribution in [0.25, 0.3) is 0 Å². The second kappa shape index (κ2) is 13.7. The van der Waals surface area contributed by atoms with Crippen LogP contribution in [0.3, 0.4) is 0 Å². The topological polar surface area (TPSA) is 86.8 Å². The fraction of sp³-hybridized carbons (Fsp3) is 0.310. The highest BCUT2D eigenvalue weighted by atomic mass is 79.9. The van der Waals surface area contributed by atoms with Gasteiger partial charge in [-0.3, -0.25) is 13.9 Å². The number of carbonyl (C=O) groups is 2. The molecule has 0 aliphatic heterocycles. The summed E-state index contributed by atoms with van der Waals surface area (Å²) >= 11 is 3.41. The molecule has 0 bridgehead atoms. The molecular weight excluding hydrogens is 585 g/mol. The number of carbonyl (C=O) groups excluding carboxylic acids is 2. The van der Waals surface area contributed by atoms with Crippen LogP contribution < -0.4 is 9.62 Å². The summed E-state index contributed by atoms with van der Waals surface area (Å²) in [5.74, 6) is -1.37. The minimum atomic E-state index is -3.96. The fourth-order valence-corrected chi connectivity index (χ4v) is 5.11. The average molecular weight is 619 g/mol. The minimum Gasteiger partial charge on any atom is -0.354 e. The van der Waals surface area contributed by atoms with Crippen LogP contribution in [0.4, 0.5) is 10.1 Å². The van der Waals surface area contributed by atoms with E-state index in [2.05, 4.69) is 21.2 Å². The summed E-state index contributed by atoms with van der Waals surface area (Å²) in [6.07, 6.45) is 1.19. The molecule has 1 atom stereocenters. The summed E-state index contributed by atoms with van der Waals surface area (Å²) < 4.78 is 41.1. The Bertz CT molecular complexity index is 1370. The fourth-order valence-electron chi connectivity index (χ4n) is 4.01. The number of hydrogen-bond acceptors (Lipinski definition) is 4. The lowest BCUT2D eigenvalue weighted by molar-refractivity contribution is -0.140. The van der Waals surface area contributed by atoms with E-state index >= 15 is 0 Å². The van der Waals surface area contributed by atoms with Crippen molar-refractivity contribution in [3.8, 4) is 0 Å². The SMILES string of the molecule is CC(C)CNC(=O)C(Cc1ccccc1)N(Cc1ccc(Br)cc1)C(=O)CN(c1cccc(F)c1)S(C)(=O)=O. The predicted molar refractivity (Wildman–Crippen MR) is 155 cm³/mol. The minimum absolute atomic E-state index is 0.0262. The summed E-state index contributed by atoms with van der Waals surface area (Å²) in [5, 5.41) is 2.93. The highest BCUT2D eigenvalue weighted by Crippen LogP contribution is 2.21. The lowest BCUT2D eigenvalue weighted by atomic mass is 10.0. The molecule has 10 heteroatoms. The van der Waals surface area contributed by atoms with E-state index in [0.29, 0.717) is 6.54 Å². The first-order valence-corrected chi connectivity index (χ1v) is 15.2. The van der Waals surface area contributed by atoms with Crippen LogP contribution in [-0.4, -0.2) is 50.5 Å². The maximum absolute atomic E-state index is 14.0. The summed E-state index contributed by atoms with van der Waals surface area (Å²) in [4.78, 5) is 28.9. The number of sulfonamides is 1. The van der Waals surface area contributed by atoms with Crippen molar-refractivity contribution in [1.29, 1.82) is 0 Å². The van der Waals surface area contributed by atoms with Crippen molar-refractivity contribution in [3.05, 3.63) is 100 Å². The maximum Gasteiger partial charge on any atom is 0.244 e. The summed E-state index contributed by atoms with van der Waals surface area (Å²) in [5.41, 5.74) is 1.64. The van der Waals surface area contributed by atoms with Gasteiger partial charge in [-0.1, -0.05) is 78.3 Å². The molecule has 3 rings (SSSR count). The van der Waals surface area contributed by atoms with Crippen LogP contribution >= 0.6 is 15.9 Å². The van der Waals surface area contributed by atoms with Gasteiger partial charge < -0.3 is 10.2 Å². The van der Waals surface area contributed by atoms with Crippen LogP contribution in [0.5, 0.6) is 0 Å². The number of nitrogens with zero attached hydrogens (tertiary/aromatic N) is 2. The van der Waals surface area contributed by atoms with Gasteiger partial charge in [-0.15, -0.1) is 0 Å². The molecule has 0 radical (unpaired) electrons. The molecular formula is C29H33BrFN3O4S. The van der Waals surface area contributed by atoms with Crippen molar-refractivity contribution in [2.24, 2.45) is 5.92 Å². The molecule has 0 aromatic heterocycles. The van der Waals surface area contributed by atoms with Crippen molar-refractivity contribution in [1.82, 2.24) is 10.2 Å². The van der Waals surface area contributed by atoms with Gasteiger partial charge in [-0.25, -0.2) is 12.8 Å². The van der Waals surface area contributed by atoms with E-state index in [1.807, 2.05) is 68.4 Å². The van der Waals surface area contributed by atoms with Gasteiger partial charge in [-0.2, -0.15) is 0 Å². The predicted octanol–water partition coefficient (Wildman–Crippen LogP) is 4.77. The molecule has 0 spiro atoms. The number of amides is 2. The van der Waals surface area contributed by atoms with Gasteiger partial charge >= 0.3 is 0 Å². The quantitative estimate of drug-likeness (QED) is 0.317. The third-order valence-electron chi connectivity index (χ3n) is 6.00. The number of halogens is 2. The largest absolute Gasteiger partial charge is 0.354 e. The van der Waals surface area contributed by atoms with Crippen molar-refractivity contribution < 1.29 is 22.4 Å². The number of rotatable bonds is 12. The molecule has 0 aliphatic rings. The van der Waals surface area contributed by atoms with Crippen LogP contribution in [0.15, 0.2) is 83.3 Å². The van der Waals surface area contributed by atoms with Crippen molar-refractivity contribution in [3.63, 3.8) is 0 Å². The zero-order chi connectivity index (χ0) is 28.6. The third kappa shape index (κ3) is 9.18. The third-order valence-corrected chi connectivity index (χ3v) is 7.67. The molecule has 39 heavy (non-hydrogen) atoms. The molecule has 208 valence electrons. The molecule has 0 saturated carbocycles. The molecule has 3 aromatic rings. The van der Waals surface area contributed by atoms with E-state index in [0.717, 1.165) is 32.2 Å².